The fourth-order valence-corrected chi connectivity index (χ4v) is 1.61. The van der Waals surface area contributed by atoms with Crippen LogP contribution in [0.25, 0.3) is 0 Å². The van der Waals surface area contributed by atoms with E-state index >= 15 is 0 Å². The summed E-state index contributed by atoms with van der Waals surface area (Å²) in [7, 11) is 0. The molecule has 21 heavy (non-hydrogen) atoms. The molecule has 1 amide bonds. The lowest BCUT2D eigenvalue weighted by molar-refractivity contribution is -0.158. The monoisotopic (exact) mass is 302 g/mol. The van der Waals surface area contributed by atoms with Crippen LogP contribution in [-0.2, 0) is 19.1 Å². The van der Waals surface area contributed by atoms with E-state index in [4.69, 9.17) is 9.84 Å². The molecule has 0 bridgehead atoms. The highest BCUT2D eigenvalue weighted by Crippen LogP contribution is 2.10. The number of nitrogens with one attached hydrogen (secondary N) is 2. The highest BCUT2D eigenvalue weighted by atomic mass is 16.6. The first-order chi connectivity index (χ1) is 9.39. The van der Waals surface area contributed by atoms with Crippen molar-refractivity contribution in [3.05, 3.63) is 0 Å². The third-order valence-corrected chi connectivity index (χ3v) is 2.58. The molecule has 3 N–H and O–H groups in total. The lowest BCUT2D eigenvalue weighted by Gasteiger charge is -2.27. The van der Waals surface area contributed by atoms with Crippen molar-refractivity contribution in [3.8, 4) is 0 Å². The SMILES string of the molecule is CCNC(C)(C)C(=O)N[C@@H](CC(=O)OC(C)(C)C)C(=O)O. The van der Waals surface area contributed by atoms with E-state index in [1.807, 2.05) is 6.92 Å². The Kier molecular flexibility index (Phi) is 6.82. The highest BCUT2D eigenvalue weighted by molar-refractivity contribution is 5.91. The van der Waals surface area contributed by atoms with Gasteiger partial charge in [-0.15, -0.1) is 0 Å². The van der Waals surface area contributed by atoms with E-state index in [1.54, 1.807) is 34.6 Å². The number of carbonyl (C=O) groups is 3. The normalized spacial score (nSPS) is 13.4. The van der Waals surface area contributed by atoms with Crippen LogP contribution in [0, 0.1) is 0 Å². The molecule has 0 radical (unpaired) electrons. The number of carboxylic acid groups (broad SMARTS) is 1. The van der Waals surface area contributed by atoms with Gasteiger partial charge in [0.25, 0.3) is 0 Å². The second kappa shape index (κ2) is 7.40. The summed E-state index contributed by atoms with van der Waals surface area (Å²) >= 11 is 0. The number of carbonyl (C=O) groups excluding carboxylic acids is 2. The molecule has 0 aromatic rings. The number of amides is 1. The molecule has 0 saturated heterocycles. The second-order valence-electron chi connectivity index (χ2n) is 6.31. The number of hydrogen-bond acceptors (Lipinski definition) is 5. The molecular weight excluding hydrogens is 276 g/mol. The summed E-state index contributed by atoms with van der Waals surface area (Å²) in [5, 5.41) is 14.4. The second-order valence-corrected chi connectivity index (χ2v) is 6.31. The zero-order chi connectivity index (χ0) is 16.8. The third kappa shape index (κ3) is 7.65. The lowest BCUT2D eigenvalue weighted by atomic mass is 10.0. The predicted octanol–water partition coefficient (Wildman–Crippen LogP) is 0.676. The van der Waals surface area contributed by atoms with E-state index in [-0.39, 0.29) is 0 Å². The fraction of sp³-hybridized carbons (Fsp3) is 0.786. The molecule has 0 heterocycles. The Labute approximate surface area is 125 Å². The maximum atomic E-state index is 12.0. The zero-order valence-corrected chi connectivity index (χ0v) is 13.6. The molecule has 0 saturated carbocycles. The van der Waals surface area contributed by atoms with Crippen LogP contribution in [0.2, 0.25) is 0 Å². The molecule has 7 heteroatoms. The molecular formula is C14H26N2O5. The molecule has 0 aromatic heterocycles. The number of aliphatic carboxylic acids is 1. The smallest absolute Gasteiger partial charge is 0.326 e. The zero-order valence-electron chi connectivity index (χ0n) is 13.6. The van der Waals surface area contributed by atoms with Gasteiger partial charge >= 0.3 is 11.9 Å². The average molecular weight is 302 g/mol. The summed E-state index contributed by atoms with van der Waals surface area (Å²) in [5.41, 5.74) is -1.62. The van der Waals surface area contributed by atoms with Gasteiger partial charge in [0.2, 0.25) is 5.91 Å². The van der Waals surface area contributed by atoms with Crippen molar-refractivity contribution in [1.82, 2.24) is 10.6 Å². The number of esters is 1. The molecule has 0 aliphatic carbocycles. The summed E-state index contributed by atoms with van der Waals surface area (Å²) in [5.74, 6) is -2.43. The van der Waals surface area contributed by atoms with Crippen molar-refractivity contribution in [2.75, 3.05) is 6.54 Å². The van der Waals surface area contributed by atoms with Crippen LogP contribution in [-0.4, -0.2) is 46.7 Å². The van der Waals surface area contributed by atoms with Crippen LogP contribution >= 0.6 is 0 Å². The number of rotatable bonds is 7. The Morgan fingerprint density at radius 2 is 1.67 bits per heavy atom. The van der Waals surface area contributed by atoms with Crippen molar-refractivity contribution in [3.63, 3.8) is 0 Å². The van der Waals surface area contributed by atoms with Crippen molar-refractivity contribution in [2.24, 2.45) is 0 Å². The molecule has 0 fully saturated rings. The molecule has 1 atom stereocenters. The molecule has 0 spiro atoms. The molecule has 0 aliphatic rings. The van der Waals surface area contributed by atoms with Crippen LogP contribution in [0.3, 0.4) is 0 Å². The van der Waals surface area contributed by atoms with Gasteiger partial charge in [-0.2, -0.15) is 0 Å². The van der Waals surface area contributed by atoms with Gasteiger partial charge in [-0.05, 0) is 41.2 Å². The Hall–Kier alpha value is -1.63. The molecule has 0 aliphatic heterocycles. The Bertz CT molecular complexity index is 399. The van der Waals surface area contributed by atoms with Crippen LogP contribution in [0.4, 0.5) is 0 Å². The topological polar surface area (TPSA) is 105 Å². The minimum atomic E-state index is -1.31. The van der Waals surface area contributed by atoms with Crippen LogP contribution in [0.15, 0.2) is 0 Å². The first kappa shape index (κ1) is 19.4. The van der Waals surface area contributed by atoms with Gasteiger partial charge in [0.1, 0.15) is 11.6 Å². The highest BCUT2D eigenvalue weighted by Gasteiger charge is 2.32. The summed E-state index contributed by atoms with van der Waals surface area (Å²) in [6, 6.07) is -1.31. The average Bonchev–Trinajstić information content (AvgIpc) is 2.24. The number of carboxylic acids is 1. The van der Waals surface area contributed by atoms with E-state index < -0.39 is 41.4 Å². The minimum Gasteiger partial charge on any atom is -0.480 e. The summed E-state index contributed by atoms with van der Waals surface area (Å²) in [6.45, 7) is 10.7. The molecule has 7 nitrogen and oxygen atoms in total. The van der Waals surface area contributed by atoms with E-state index in [0.717, 1.165) is 0 Å². The maximum Gasteiger partial charge on any atom is 0.326 e. The molecule has 0 rings (SSSR count). The summed E-state index contributed by atoms with van der Waals surface area (Å²) in [6.07, 6.45) is -0.416. The Balaban J connectivity index is 4.76. The number of ether oxygens (including phenoxy) is 1. The summed E-state index contributed by atoms with van der Waals surface area (Å²) < 4.78 is 5.06. The molecule has 122 valence electrons. The van der Waals surface area contributed by atoms with Gasteiger partial charge in [0.15, 0.2) is 0 Å². The first-order valence-electron chi connectivity index (χ1n) is 6.89. The fourth-order valence-electron chi connectivity index (χ4n) is 1.61. The predicted molar refractivity (Wildman–Crippen MR) is 77.8 cm³/mol. The Morgan fingerprint density at radius 3 is 2.05 bits per heavy atom. The maximum absolute atomic E-state index is 12.0. The third-order valence-electron chi connectivity index (χ3n) is 2.58. The van der Waals surface area contributed by atoms with E-state index in [0.29, 0.717) is 6.54 Å². The van der Waals surface area contributed by atoms with Crippen LogP contribution < -0.4 is 10.6 Å². The molecule has 0 aromatic carbocycles. The van der Waals surface area contributed by atoms with E-state index in [9.17, 15) is 14.4 Å². The summed E-state index contributed by atoms with van der Waals surface area (Å²) in [4.78, 5) is 34.9. The van der Waals surface area contributed by atoms with Crippen molar-refractivity contribution >= 4 is 17.8 Å². The van der Waals surface area contributed by atoms with Crippen molar-refractivity contribution in [2.45, 2.75) is 65.1 Å². The van der Waals surface area contributed by atoms with Gasteiger partial charge in [-0.25, -0.2) is 4.79 Å². The van der Waals surface area contributed by atoms with Crippen molar-refractivity contribution < 1.29 is 24.2 Å². The van der Waals surface area contributed by atoms with Gasteiger partial charge in [-0.1, -0.05) is 6.92 Å². The Morgan fingerprint density at radius 1 is 1.14 bits per heavy atom. The van der Waals surface area contributed by atoms with Gasteiger partial charge in [-0.3, -0.25) is 9.59 Å². The largest absolute Gasteiger partial charge is 0.480 e. The number of likely N-dealkylation sites (N-methyl/N-ethyl adjacent to an activating group) is 1. The standard InChI is InChI=1S/C14H26N2O5/c1-7-15-14(5,6)12(20)16-9(11(18)19)8-10(17)21-13(2,3)4/h9,15H,7-8H2,1-6H3,(H,16,20)(H,18,19)/t9-/m0/s1. The van der Waals surface area contributed by atoms with E-state index in [2.05, 4.69) is 10.6 Å². The minimum absolute atomic E-state index is 0.416. The van der Waals surface area contributed by atoms with Crippen LogP contribution in [0.1, 0.15) is 48.0 Å². The van der Waals surface area contributed by atoms with Gasteiger partial charge in [0, 0.05) is 0 Å². The number of hydrogen-bond donors (Lipinski definition) is 3. The van der Waals surface area contributed by atoms with Crippen LogP contribution in [0.5, 0.6) is 0 Å². The van der Waals surface area contributed by atoms with E-state index in [1.165, 1.54) is 0 Å². The quantitative estimate of drug-likeness (QED) is 0.597. The van der Waals surface area contributed by atoms with Gasteiger partial charge < -0.3 is 20.5 Å². The lowest BCUT2D eigenvalue weighted by Crippen LogP contribution is -2.56. The molecule has 0 unspecified atom stereocenters. The van der Waals surface area contributed by atoms with Crippen molar-refractivity contribution in [1.29, 1.82) is 0 Å². The van der Waals surface area contributed by atoms with Gasteiger partial charge in [0.05, 0.1) is 12.0 Å². The first-order valence-corrected chi connectivity index (χ1v) is 6.89.